The molecule has 0 spiro atoms. The summed E-state index contributed by atoms with van der Waals surface area (Å²) in [6, 6.07) is 14.3. The molecule has 0 atom stereocenters. The van der Waals surface area contributed by atoms with Gasteiger partial charge in [0, 0.05) is 16.8 Å². The average Bonchev–Trinajstić information content (AvgIpc) is 2.54. The van der Waals surface area contributed by atoms with Gasteiger partial charge in [0.05, 0.1) is 23.9 Å². The molecule has 23 heavy (non-hydrogen) atoms. The van der Waals surface area contributed by atoms with Gasteiger partial charge in [-0.25, -0.2) is 4.79 Å². The second-order valence-electron chi connectivity index (χ2n) is 5.17. The zero-order valence-electron chi connectivity index (χ0n) is 12.8. The van der Waals surface area contributed by atoms with Gasteiger partial charge < -0.3 is 15.2 Å². The van der Waals surface area contributed by atoms with Crippen molar-refractivity contribution >= 4 is 28.2 Å². The Hall–Kier alpha value is -3.08. The van der Waals surface area contributed by atoms with Crippen molar-refractivity contribution in [2.75, 3.05) is 12.4 Å². The van der Waals surface area contributed by atoms with E-state index in [-0.39, 0.29) is 5.56 Å². The number of anilines is 2. The molecule has 0 aliphatic carbocycles. The van der Waals surface area contributed by atoms with Gasteiger partial charge in [-0.3, -0.25) is 4.98 Å². The summed E-state index contributed by atoms with van der Waals surface area (Å²) in [5.74, 6) is -0.251. The highest BCUT2D eigenvalue weighted by Gasteiger charge is 2.11. The Labute approximate surface area is 133 Å². The number of para-hydroxylation sites is 1. The summed E-state index contributed by atoms with van der Waals surface area (Å²) >= 11 is 0. The summed E-state index contributed by atoms with van der Waals surface area (Å²) in [6.07, 6.45) is 0. The number of aromatic carboxylic acids is 1. The van der Waals surface area contributed by atoms with Crippen LogP contribution in [0.2, 0.25) is 0 Å². The van der Waals surface area contributed by atoms with Gasteiger partial charge in [-0.05, 0) is 43.3 Å². The molecule has 0 saturated heterocycles. The first kappa shape index (κ1) is 14.8. The number of carboxylic acid groups (broad SMARTS) is 1. The molecule has 0 bridgehead atoms. The van der Waals surface area contributed by atoms with E-state index in [4.69, 9.17) is 4.74 Å². The minimum atomic E-state index is -0.972. The lowest BCUT2D eigenvalue weighted by atomic mass is 10.1. The first-order chi connectivity index (χ1) is 11.1. The topological polar surface area (TPSA) is 71.5 Å². The molecule has 1 aromatic heterocycles. The molecule has 0 aliphatic heterocycles. The molecule has 3 aromatic rings. The Kier molecular flexibility index (Phi) is 3.85. The van der Waals surface area contributed by atoms with Crippen molar-refractivity contribution in [1.29, 1.82) is 0 Å². The van der Waals surface area contributed by atoms with Crippen LogP contribution in [0.3, 0.4) is 0 Å². The van der Waals surface area contributed by atoms with Crippen molar-refractivity contribution in [3.8, 4) is 5.75 Å². The minimum absolute atomic E-state index is 0.220. The molecule has 0 fully saturated rings. The van der Waals surface area contributed by atoms with Crippen LogP contribution in [0.4, 0.5) is 11.4 Å². The van der Waals surface area contributed by atoms with Gasteiger partial charge in [0.2, 0.25) is 0 Å². The minimum Gasteiger partial charge on any atom is -0.497 e. The van der Waals surface area contributed by atoms with Crippen molar-refractivity contribution in [3.05, 3.63) is 59.8 Å². The van der Waals surface area contributed by atoms with Crippen LogP contribution in [0.1, 0.15) is 16.1 Å². The molecule has 5 heteroatoms. The fraction of sp³-hybridized carbons (Fsp3) is 0.111. The normalized spacial score (nSPS) is 10.5. The number of ether oxygens (including phenoxy) is 1. The lowest BCUT2D eigenvalue weighted by Crippen LogP contribution is -2.03. The monoisotopic (exact) mass is 308 g/mol. The van der Waals surface area contributed by atoms with E-state index in [0.29, 0.717) is 5.69 Å². The van der Waals surface area contributed by atoms with Crippen molar-refractivity contribution < 1.29 is 14.6 Å². The zero-order chi connectivity index (χ0) is 16.4. The van der Waals surface area contributed by atoms with E-state index in [0.717, 1.165) is 28.0 Å². The Balaban J connectivity index is 2.14. The standard InChI is InChI=1S/C18H16N2O3/c1-11-9-17(14-10-12(23-2)7-8-16(14)19-11)20-15-6-4-3-5-13(15)18(21)22/h3-10H,1-2H3,(H,19,20)(H,21,22). The SMILES string of the molecule is COc1ccc2nc(C)cc(Nc3ccccc3C(=O)O)c2c1. The van der Waals surface area contributed by atoms with Crippen molar-refractivity contribution in [2.45, 2.75) is 6.92 Å². The van der Waals surface area contributed by atoms with E-state index in [1.54, 1.807) is 31.4 Å². The highest BCUT2D eigenvalue weighted by molar-refractivity contribution is 5.99. The second kappa shape index (κ2) is 5.96. The third-order valence-electron chi connectivity index (χ3n) is 3.57. The molecule has 0 radical (unpaired) electrons. The molecule has 2 aromatic carbocycles. The summed E-state index contributed by atoms with van der Waals surface area (Å²) in [5.41, 5.74) is 3.21. The molecule has 3 rings (SSSR count). The number of carbonyl (C=O) groups is 1. The lowest BCUT2D eigenvalue weighted by molar-refractivity contribution is 0.0698. The quantitative estimate of drug-likeness (QED) is 0.762. The van der Waals surface area contributed by atoms with Gasteiger partial charge in [0.1, 0.15) is 5.75 Å². The maximum absolute atomic E-state index is 11.4. The Morgan fingerprint density at radius 1 is 1.13 bits per heavy atom. The molecule has 5 nitrogen and oxygen atoms in total. The highest BCUT2D eigenvalue weighted by Crippen LogP contribution is 2.30. The zero-order valence-corrected chi connectivity index (χ0v) is 12.8. The number of hydrogen-bond donors (Lipinski definition) is 2. The third kappa shape index (κ3) is 2.94. The van der Waals surface area contributed by atoms with Crippen LogP contribution in [0.25, 0.3) is 10.9 Å². The Bertz CT molecular complexity index is 891. The largest absolute Gasteiger partial charge is 0.497 e. The Morgan fingerprint density at radius 2 is 1.91 bits per heavy atom. The van der Waals surface area contributed by atoms with Gasteiger partial charge in [-0.1, -0.05) is 12.1 Å². The summed E-state index contributed by atoms with van der Waals surface area (Å²) in [4.78, 5) is 15.9. The molecular formula is C18H16N2O3. The van der Waals surface area contributed by atoms with Crippen LogP contribution in [-0.4, -0.2) is 23.2 Å². The predicted octanol–water partition coefficient (Wildman–Crippen LogP) is 3.99. The molecule has 0 unspecified atom stereocenters. The second-order valence-corrected chi connectivity index (χ2v) is 5.17. The van der Waals surface area contributed by atoms with Crippen LogP contribution < -0.4 is 10.1 Å². The number of rotatable bonds is 4. The maximum Gasteiger partial charge on any atom is 0.337 e. The molecule has 0 amide bonds. The van der Waals surface area contributed by atoms with Crippen molar-refractivity contribution in [1.82, 2.24) is 4.98 Å². The number of methoxy groups -OCH3 is 1. The molecular weight excluding hydrogens is 292 g/mol. The number of aryl methyl sites for hydroxylation is 1. The van der Waals surface area contributed by atoms with Crippen molar-refractivity contribution in [2.24, 2.45) is 0 Å². The Morgan fingerprint density at radius 3 is 2.65 bits per heavy atom. The van der Waals surface area contributed by atoms with E-state index in [1.807, 2.05) is 31.2 Å². The van der Waals surface area contributed by atoms with Gasteiger partial charge >= 0.3 is 5.97 Å². The first-order valence-electron chi connectivity index (χ1n) is 7.13. The lowest BCUT2D eigenvalue weighted by Gasteiger charge is -2.13. The number of benzene rings is 2. The number of aromatic nitrogens is 1. The maximum atomic E-state index is 11.4. The van der Waals surface area contributed by atoms with Crippen LogP contribution in [0.5, 0.6) is 5.75 Å². The third-order valence-corrected chi connectivity index (χ3v) is 3.57. The van der Waals surface area contributed by atoms with Crippen molar-refractivity contribution in [3.63, 3.8) is 0 Å². The smallest absolute Gasteiger partial charge is 0.337 e. The van der Waals surface area contributed by atoms with E-state index in [9.17, 15) is 9.90 Å². The molecule has 1 heterocycles. The van der Waals surface area contributed by atoms with E-state index in [1.165, 1.54) is 0 Å². The molecule has 116 valence electrons. The van der Waals surface area contributed by atoms with E-state index in [2.05, 4.69) is 10.3 Å². The fourth-order valence-electron chi connectivity index (χ4n) is 2.49. The van der Waals surface area contributed by atoms with Crippen LogP contribution >= 0.6 is 0 Å². The highest BCUT2D eigenvalue weighted by atomic mass is 16.5. The number of fused-ring (bicyclic) bond motifs is 1. The predicted molar refractivity (Wildman–Crippen MR) is 89.7 cm³/mol. The van der Waals surface area contributed by atoms with Gasteiger partial charge in [0.15, 0.2) is 0 Å². The molecule has 0 saturated carbocycles. The number of carboxylic acids is 1. The fourth-order valence-corrected chi connectivity index (χ4v) is 2.49. The molecule has 2 N–H and O–H groups in total. The van der Waals surface area contributed by atoms with Crippen LogP contribution in [-0.2, 0) is 0 Å². The molecule has 0 aliphatic rings. The number of nitrogens with one attached hydrogen (secondary N) is 1. The summed E-state index contributed by atoms with van der Waals surface area (Å²) in [5, 5.41) is 13.4. The van der Waals surface area contributed by atoms with Crippen LogP contribution in [0, 0.1) is 6.92 Å². The number of hydrogen-bond acceptors (Lipinski definition) is 4. The summed E-state index contributed by atoms with van der Waals surface area (Å²) in [7, 11) is 1.61. The number of pyridine rings is 1. The van der Waals surface area contributed by atoms with Gasteiger partial charge in [-0.15, -0.1) is 0 Å². The van der Waals surface area contributed by atoms with Gasteiger partial charge in [0.25, 0.3) is 0 Å². The first-order valence-corrected chi connectivity index (χ1v) is 7.13. The summed E-state index contributed by atoms with van der Waals surface area (Å²) < 4.78 is 5.27. The number of nitrogens with zero attached hydrogens (tertiary/aromatic N) is 1. The summed E-state index contributed by atoms with van der Waals surface area (Å²) in [6.45, 7) is 1.90. The average molecular weight is 308 g/mol. The van der Waals surface area contributed by atoms with Crippen LogP contribution in [0.15, 0.2) is 48.5 Å². The van der Waals surface area contributed by atoms with E-state index >= 15 is 0 Å². The van der Waals surface area contributed by atoms with E-state index < -0.39 is 5.97 Å². The van der Waals surface area contributed by atoms with Gasteiger partial charge in [-0.2, -0.15) is 0 Å².